The van der Waals surface area contributed by atoms with Gasteiger partial charge >= 0.3 is 5.97 Å². The fourth-order valence-corrected chi connectivity index (χ4v) is 1.76. The molecule has 0 aromatic rings. The molecule has 0 amide bonds. The monoisotopic (exact) mass is 200 g/mol. The van der Waals surface area contributed by atoms with Crippen LogP contribution in [0.5, 0.6) is 0 Å². The van der Waals surface area contributed by atoms with Crippen LogP contribution in [0.25, 0.3) is 0 Å². The molecule has 0 spiro atoms. The number of ether oxygens (including phenoxy) is 1. The number of hydrogen-bond acceptors (Lipinski definition) is 2. The van der Waals surface area contributed by atoms with E-state index in [1.54, 1.807) is 6.92 Å². The van der Waals surface area contributed by atoms with E-state index in [1.807, 2.05) is 13.8 Å². The Kier molecular flexibility index (Phi) is 2.87. The van der Waals surface area contributed by atoms with Crippen LogP contribution in [0.3, 0.4) is 0 Å². The molecule has 72 valence electrons. The maximum Gasteiger partial charge on any atom is 0.310 e. The number of carbonyl (C=O) groups is 1. The molecule has 3 heteroatoms. The molecule has 1 saturated carbocycles. The molecule has 0 unspecified atom stereocenters. The first-order valence-corrected chi connectivity index (χ1v) is 4.71. The fourth-order valence-electron chi connectivity index (χ4n) is 1.64. The molecule has 1 aliphatic carbocycles. The van der Waals surface area contributed by atoms with E-state index in [-0.39, 0.29) is 23.2 Å². The van der Waals surface area contributed by atoms with Gasteiger partial charge in [-0.3, -0.25) is 4.79 Å². The lowest BCUT2D eigenvalue weighted by Gasteiger charge is -2.01. The zero-order chi connectivity index (χ0) is 10.1. The van der Waals surface area contributed by atoms with Crippen molar-refractivity contribution in [3.63, 3.8) is 0 Å². The molecule has 13 heavy (non-hydrogen) atoms. The predicted octanol–water partition coefficient (Wildman–Crippen LogP) is 2.02. The van der Waals surface area contributed by atoms with Crippen LogP contribution in [0.4, 0.5) is 0 Å². The van der Waals surface area contributed by atoms with Crippen molar-refractivity contribution in [3.8, 4) is 11.3 Å². The summed E-state index contributed by atoms with van der Waals surface area (Å²) in [6.45, 7) is 6.23. The molecule has 0 aliphatic heterocycles. The molecule has 2 nitrogen and oxygen atoms in total. The van der Waals surface area contributed by atoms with E-state index in [2.05, 4.69) is 11.3 Å². The Hall–Kier alpha value is -0.680. The van der Waals surface area contributed by atoms with Gasteiger partial charge in [0.25, 0.3) is 0 Å². The highest BCUT2D eigenvalue weighted by Crippen LogP contribution is 2.58. The van der Waals surface area contributed by atoms with Crippen molar-refractivity contribution in [1.82, 2.24) is 0 Å². The molecule has 1 aliphatic rings. The molecule has 0 bridgehead atoms. The molecule has 0 aromatic carbocycles. The molecular formula is C10H13ClO2. The third-order valence-electron chi connectivity index (χ3n) is 2.58. The van der Waals surface area contributed by atoms with Gasteiger partial charge < -0.3 is 4.74 Å². The van der Waals surface area contributed by atoms with E-state index in [1.165, 1.54) is 0 Å². The maximum absolute atomic E-state index is 11.4. The van der Waals surface area contributed by atoms with Gasteiger partial charge in [0.2, 0.25) is 0 Å². The van der Waals surface area contributed by atoms with E-state index in [0.29, 0.717) is 6.61 Å². The van der Waals surface area contributed by atoms with Crippen molar-refractivity contribution < 1.29 is 9.53 Å². The Labute approximate surface area is 83.6 Å². The second-order valence-corrected chi connectivity index (χ2v) is 3.96. The van der Waals surface area contributed by atoms with Crippen molar-refractivity contribution in [1.29, 1.82) is 0 Å². The lowest BCUT2D eigenvalue weighted by atomic mass is 10.1. The Bertz CT molecular complexity index is 272. The summed E-state index contributed by atoms with van der Waals surface area (Å²) in [5.74, 6) is 2.62. The van der Waals surface area contributed by atoms with Gasteiger partial charge in [0.15, 0.2) is 0 Å². The zero-order valence-electron chi connectivity index (χ0n) is 8.06. The first kappa shape index (κ1) is 10.4. The molecule has 2 atom stereocenters. The summed E-state index contributed by atoms with van der Waals surface area (Å²) >= 11 is 5.30. The number of rotatable bonds is 2. The molecule has 0 N–H and O–H groups in total. The van der Waals surface area contributed by atoms with E-state index >= 15 is 0 Å². The van der Waals surface area contributed by atoms with Crippen LogP contribution in [0.15, 0.2) is 0 Å². The zero-order valence-corrected chi connectivity index (χ0v) is 8.81. The highest BCUT2D eigenvalue weighted by molar-refractivity contribution is 6.30. The smallest absolute Gasteiger partial charge is 0.310 e. The van der Waals surface area contributed by atoms with Gasteiger partial charge in [-0.05, 0) is 23.9 Å². The standard InChI is InChI=1S/C10H13ClO2/c1-4-13-9(12)8-7(5-6-11)10(8,2)3/h7-8H,4H2,1-3H3/t7-,8-/m0/s1. The van der Waals surface area contributed by atoms with Crippen molar-refractivity contribution in [3.05, 3.63) is 0 Å². The highest BCUT2D eigenvalue weighted by Gasteiger charge is 2.62. The minimum atomic E-state index is -0.156. The van der Waals surface area contributed by atoms with E-state index in [4.69, 9.17) is 16.3 Å². The Balaban J connectivity index is 2.63. The maximum atomic E-state index is 11.4. The normalized spacial score (nSPS) is 28.6. The Morgan fingerprint density at radius 2 is 2.23 bits per heavy atom. The summed E-state index contributed by atoms with van der Waals surface area (Å²) in [6.07, 6.45) is 0. The molecule has 1 rings (SSSR count). The largest absolute Gasteiger partial charge is 0.466 e. The van der Waals surface area contributed by atoms with Crippen LogP contribution >= 0.6 is 11.6 Å². The van der Waals surface area contributed by atoms with Crippen LogP contribution in [0.1, 0.15) is 20.8 Å². The van der Waals surface area contributed by atoms with E-state index < -0.39 is 0 Å². The van der Waals surface area contributed by atoms with Gasteiger partial charge in [0.1, 0.15) is 0 Å². The molecule has 1 fully saturated rings. The summed E-state index contributed by atoms with van der Waals surface area (Å²) in [6, 6.07) is 0. The molecule has 0 aromatic heterocycles. The van der Waals surface area contributed by atoms with Crippen LogP contribution < -0.4 is 0 Å². The van der Waals surface area contributed by atoms with E-state index in [9.17, 15) is 4.79 Å². The van der Waals surface area contributed by atoms with Crippen LogP contribution in [0.2, 0.25) is 0 Å². The Morgan fingerprint density at radius 3 is 2.69 bits per heavy atom. The molecule has 0 heterocycles. The van der Waals surface area contributed by atoms with Gasteiger partial charge in [0, 0.05) is 11.3 Å². The van der Waals surface area contributed by atoms with Crippen LogP contribution in [-0.4, -0.2) is 12.6 Å². The van der Waals surface area contributed by atoms with Crippen molar-refractivity contribution in [2.75, 3.05) is 6.61 Å². The molecular weight excluding hydrogens is 188 g/mol. The first-order chi connectivity index (χ1) is 6.05. The summed E-state index contributed by atoms with van der Waals surface area (Å²) in [4.78, 5) is 11.4. The molecule has 0 saturated heterocycles. The van der Waals surface area contributed by atoms with Crippen LogP contribution in [-0.2, 0) is 9.53 Å². The predicted molar refractivity (Wildman–Crippen MR) is 51.0 cm³/mol. The van der Waals surface area contributed by atoms with Crippen molar-refractivity contribution in [2.45, 2.75) is 20.8 Å². The van der Waals surface area contributed by atoms with E-state index in [0.717, 1.165) is 0 Å². The summed E-state index contributed by atoms with van der Waals surface area (Å²) in [5.41, 5.74) is -0.0753. The number of carbonyl (C=O) groups excluding carboxylic acids is 1. The quantitative estimate of drug-likeness (QED) is 0.504. The summed E-state index contributed by atoms with van der Waals surface area (Å²) < 4.78 is 4.93. The fraction of sp³-hybridized carbons (Fsp3) is 0.700. The lowest BCUT2D eigenvalue weighted by Crippen LogP contribution is -2.10. The van der Waals surface area contributed by atoms with Crippen LogP contribution in [0, 0.1) is 28.6 Å². The summed E-state index contributed by atoms with van der Waals surface area (Å²) in [7, 11) is 0. The lowest BCUT2D eigenvalue weighted by molar-refractivity contribution is -0.145. The number of halogens is 1. The topological polar surface area (TPSA) is 26.3 Å². The van der Waals surface area contributed by atoms with Gasteiger partial charge in [-0.2, -0.15) is 0 Å². The van der Waals surface area contributed by atoms with Gasteiger partial charge in [-0.15, -0.1) is 0 Å². The highest BCUT2D eigenvalue weighted by atomic mass is 35.5. The van der Waals surface area contributed by atoms with Gasteiger partial charge in [-0.1, -0.05) is 19.8 Å². The summed E-state index contributed by atoms with van der Waals surface area (Å²) in [5, 5.41) is 2.33. The average molecular weight is 201 g/mol. The van der Waals surface area contributed by atoms with Crippen molar-refractivity contribution in [2.24, 2.45) is 17.3 Å². The average Bonchev–Trinajstić information content (AvgIpc) is 2.55. The first-order valence-electron chi connectivity index (χ1n) is 4.33. The third-order valence-corrected chi connectivity index (χ3v) is 2.69. The second kappa shape index (κ2) is 3.59. The van der Waals surface area contributed by atoms with Crippen molar-refractivity contribution >= 4 is 17.6 Å². The number of esters is 1. The molecule has 0 radical (unpaired) electrons. The Morgan fingerprint density at radius 1 is 1.62 bits per heavy atom. The van der Waals surface area contributed by atoms with Gasteiger partial charge in [-0.25, -0.2) is 0 Å². The number of hydrogen-bond donors (Lipinski definition) is 0. The SMILES string of the molecule is CCOC(=O)[C@@H]1[C@H](C#CCl)C1(C)C. The minimum Gasteiger partial charge on any atom is -0.466 e. The minimum absolute atomic E-state index is 0.0593. The third kappa shape index (κ3) is 1.81. The van der Waals surface area contributed by atoms with Gasteiger partial charge in [0.05, 0.1) is 12.5 Å². The second-order valence-electron chi connectivity index (χ2n) is 3.77.